The summed E-state index contributed by atoms with van der Waals surface area (Å²) in [5.74, 6) is -0.321. The van der Waals surface area contributed by atoms with Crippen LogP contribution in [0.15, 0.2) is 48.5 Å². The molecule has 0 bridgehead atoms. The summed E-state index contributed by atoms with van der Waals surface area (Å²) in [6, 6.07) is 12.9. The van der Waals surface area contributed by atoms with E-state index in [0.29, 0.717) is 5.56 Å². The van der Waals surface area contributed by atoms with Gasteiger partial charge >= 0.3 is 5.69 Å². The lowest BCUT2D eigenvalue weighted by Gasteiger charge is -2.06. The first-order valence-corrected chi connectivity index (χ1v) is 5.56. The van der Waals surface area contributed by atoms with Crippen molar-refractivity contribution in [1.29, 1.82) is 0 Å². The highest BCUT2D eigenvalue weighted by Gasteiger charge is 2.25. The predicted octanol–water partition coefficient (Wildman–Crippen LogP) is 2.83. The second kappa shape index (κ2) is 5.30. The molecule has 0 aliphatic rings. The van der Waals surface area contributed by atoms with Crippen LogP contribution in [0.1, 0.15) is 15.9 Å². The van der Waals surface area contributed by atoms with Gasteiger partial charge in [0.05, 0.1) is 12.0 Å². The van der Waals surface area contributed by atoms with E-state index in [2.05, 4.69) is 0 Å². The van der Waals surface area contributed by atoms with Gasteiger partial charge in [-0.25, -0.2) is 0 Å². The number of hydrogen-bond donors (Lipinski definition) is 0. The van der Waals surface area contributed by atoms with Crippen molar-refractivity contribution in [3.05, 3.63) is 69.8 Å². The van der Waals surface area contributed by atoms with Crippen LogP contribution in [-0.2, 0) is 0 Å². The Hall–Kier alpha value is -2.69. The van der Waals surface area contributed by atoms with Crippen LogP contribution in [0.3, 0.4) is 0 Å². The molecular weight excluding hydrogens is 246 g/mol. The maximum Gasteiger partial charge on any atom is 0.322 e. The van der Waals surface area contributed by atoms with Gasteiger partial charge in [-0.15, -0.1) is 0 Å². The minimum atomic E-state index is -0.602. The molecule has 19 heavy (non-hydrogen) atoms. The second-order valence-electron chi connectivity index (χ2n) is 3.81. The summed E-state index contributed by atoms with van der Waals surface area (Å²) in [7, 11) is 1.33. The Morgan fingerprint density at radius 1 is 1.11 bits per heavy atom. The minimum absolute atomic E-state index is 0.0237. The Morgan fingerprint density at radius 2 is 1.79 bits per heavy atom. The first kappa shape index (κ1) is 12.8. The summed E-state index contributed by atoms with van der Waals surface area (Å²) in [4.78, 5) is 22.8. The second-order valence-corrected chi connectivity index (χ2v) is 3.81. The molecule has 0 N–H and O–H groups in total. The number of rotatable bonds is 4. The topological polar surface area (TPSA) is 69.4 Å². The van der Waals surface area contributed by atoms with Crippen molar-refractivity contribution in [2.45, 2.75) is 0 Å². The highest BCUT2D eigenvalue weighted by atomic mass is 16.6. The summed E-state index contributed by atoms with van der Waals surface area (Å²) >= 11 is 0. The lowest BCUT2D eigenvalue weighted by Crippen LogP contribution is -2.06. The van der Waals surface area contributed by atoms with Crippen molar-refractivity contribution in [1.82, 2.24) is 0 Å². The zero-order valence-electron chi connectivity index (χ0n) is 10.2. The van der Waals surface area contributed by atoms with Gasteiger partial charge in [-0.05, 0) is 12.1 Å². The van der Waals surface area contributed by atoms with Crippen LogP contribution in [0.2, 0.25) is 0 Å². The first-order chi connectivity index (χ1) is 9.15. The largest absolute Gasteiger partial charge is 0.490 e. The molecule has 0 atom stereocenters. The highest BCUT2D eigenvalue weighted by molar-refractivity contribution is 6.12. The lowest BCUT2D eigenvalue weighted by molar-refractivity contribution is -0.386. The molecule has 0 unspecified atom stereocenters. The van der Waals surface area contributed by atoms with Crippen molar-refractivity contribution < 1.29 is 14.5 Å². The summed E-state index contributed by atoms with van der Waals surface area (Å²) in [6.07, 6.45) is 0. The molecule has 5 nitrogen and oxygen atoms in total. The average Bonchev–Trinajstić information content (AvgIpc) is 2.46. The number of carbonyl (C=O) groups is 1. The summed E-state index contributed by atoms with van der Waals surface area (Å²) in [6.45, 7) is 0. The summed E-state index contributed by atoms with van der Waals surface area (Å²) < 4.78 is 4.94. The average molecular weight is 257 g/mol. The maximum atomic E-state index is 12.3. The Labute approximate surface area is 109 Å². The smallest absolute Gasteiger partial charge is 0.322 e. The monoisotopic (exact) mass is 257 g/mol. The molecule has 0 aliphatic carbocycles. The van der Waals surface area contributed by atoms with E-state index in [1.165, 1.54) is 19.2 Å². The number of ether oxygens (including phenoxy) is 1. The van der Waals surface area contributed by atoms with E-state index in [9.17, 15) is 14.9 Å². The van der Waals surface area contributed by atoms with Crippen LogP contribution in [0, 0.1) is 10.1 Å². The number of nitrogens with zero attached hydrogens (tertiary/aromatic N) is 1. The molecule has 0 aromatic heterocycles. The highest BCUT2D eigenvalue weighted by Crippen LogP contribution is 2.31. The zero-order chi connectivity index (χ0) is 13.8. The fourth-order valence-electron chi connectivity index (χ4n) is 1.80. The van der Waals surface area contributed by atoms with E-state index >= 15 is 0 Å². The Bertz CT molecular complexity index is 623. The third-order valence-electron chi connectivity index (χ3n) is 2.68. The molecule has 0 amide bonds. The van der Waals surface area contributed by atoms with Crippen LogP contribution < -0.4 is 4.74 Å². The number of carbonyl (C=O) groups excluding carboxylic acids is 1. The molecule has 0 heterocycles. The van der Waals surface area contributed by atoms with Gasteiger partial charge in [0.1, 0.15) is 5.56 Å². The molecule has 5 heteroatoms. The molecule has 96 valence electrons. The summed E-state index contributed by atoms with van der Waals surface area (Å²) in [5.41, 5.74) is 0.119. The van der Waals surface area contributed by atoms with Crippen LogP contribution >= 0.6 is 0 Å². The van der Waals surface area contributed by atoms with Crippen molar-refractivity contribution >= 4 is 11.5 Å². The van der Waals surface area contributed by atoms with E-state index in [-0.39, 0.29) is 17.0 Å². The van der Waals surface area contributed by atoms with E-state index in [4.69, 9.17) is 4.74 Å². The van der Waals surface area contributed by atoms with E-state index < -0.39 is 10.7 Å². The maximum absolute atomic E-state index is 12.3. The minimum Gasteiger partial charge on any atom is -0.490 e. The number of benzene rings is 2. The third kappa shape index (κ3) is 2.44. The number of methoxy groups -OCH3 is 1. The van der Waals surface area contributed by atoms with Gasteiger partial charge in [0.25, 0.3) is 0 Å². The Kier molecular flexibility index (Phi) is 3.56. The van der Waals surface area contributed by atoms with Gasteiger partial charge in [-0.1, -0.05) is 36.4 Å². The van der Waals surface area contributed by atoms with Crippen LogP contribution in [0.4, 0.5) is 5.69 Å². The molecular formula is C14H11NO4. The molecule has 0 saturated heterocycles. The van der Waals surface area contributed by atoms with Crippen LogP contribution in [-0.4, -0.2) is 17.8 Å². The lowest BCUT2D eigenvalue weighted by atomic mass is 10.0. The Balaban J connectivity index is 2.57. The van der Waals surface area contributed by atoms with Crippen molar-refractivity contribution in [3.8, 4) is 5.75 Å². The van der Waals surface area contributed by atoms with E-state index in [1.54, 1.807) is 36.4 Å². The van der Waals surface area contributed by atoms with Crippen LogP contribution in [0.5, 0.6) is 5.75 Å². The van der Waals surface area contributed by atoms with Gasteiger partial charge in [-0.2, -0.15) is 0 Å². The van der Waals surface area contributed by atoms with Gasteiger partial charge in [0.2, 0.25) is 0 Å². The van der Waals surface area contributed by atoms with Gasteiger partial charge < -0.3 is 4.74 Å². The SMILES string of the molecule is COc1cccc(C(=O)c2ccccc2)c1[N+](=O)[O-]. The van der Waals surface area contributed by atoms with E-state index in [1.807, 2.05) is 0 Å². The molecule has 0 saturated carbocycles. The molecule has 0 aliphatic heterocycles. The van der Waals surface area contributed by atoms with Gasteiger partial charge in [0, 0.05) is 5.56 Å². The fourth-order valence-corrected chi connectivity index (χ4v) is 1.80. The standard InChI is InChI=1S/C14H11NO4/c1-19-12-9-5-8-11(13(12)15(17)18)14(16)10-6-3-2-4-7-10/h2-9H,1H3. The zero-order valence-corrected chi connectivity index (χ0v) is 10.2. The predicted molar refractivity (Wildman–Crippen MR) is 69.5 cm³/mol. The number of ketones is 1. The molecule has 0 spiro atoms. The van der Waals surface area contributed by atoms with Crippen LogP contribution in [0.25, 0.3) is 0 Å². The van der Waals surface area contributed by atoms with Crippen molar-refractivity contribution in [2.24, 2.45) is 0 Å². The summed E-state index contributed by atoms with van der Waals surface area (Å²) in [5, 5.41) is 11.1. The van der Waals surface area contributed by atoms with Gasteiger partial charge in [0.15, 0.2) is 11.5 Å². The molecule has 2 rings (SSSR count). The normalized spacial score (nSPS) is 9.95. The first-order valence-electron chi connectivity index (χ1n) is 5.56. The van der Waals surface area contributed by atoms with Crippen molar-refractivity contribution in [2.75, 3.05) is 7.11 Å². The number of para-hydroxylation sites is 1. The molecule has 0 radical (unpaired) electrons. The number of nitro benzene ring substituents is 1. The molecule has 0 fully saturated rings. The number of hydrogen-bond acceptors (Lipinski definition) is 4. The van der Waals surface area contributed by atoms with E-state index in [0.717, 1.165) is 0 Å². The number of nitro groups is 1. The van der Waals surface area contributed by atoms with Gasteiger partial charge in [-0.3, -0.25) is 14.9 Å². The van der Waals surface area contributed by atoms with Crippen molar-refractivity contribution in [3.63, 3.8) is 0 Å². The molecule has 2 aromatic rings. The molecule has 2 aromatic carbocycles. The third-order valence-corrected chi connectivity index (χ3v) is 2.68. The Morgan fingerprint density at radius 3 is 2.37 bits per heavy atom. The fraction of sp³-hybridized carbons (Fsp3) is 0.0714. The quantitative estimate of drug-likeness (QED) is 0.479.